The molecule has 0 aromatic rings. The predicted octanol–water partition coefficient (Wildman–Crippen LogP) is 0.882. The summed E-state index contributed by atoms with van der Waals surface area (Å²) in [5.41, 5.74) is -0.0252. The molecular formula is C9H18ClN3O2S. The molecule has 0 fully saturated rings. The Labute approximate surface area is 105 Å². The second kappa shape index (κ2) is 5.66. The van der Waals surface area contributed by atoms with Gasteiger partial charge >= 0.3 is 0 Å². The van der Waals surface area contributed by atoms with Gasteiger partial charge in [0.15, 0.2) is 0 Å². The Morgan fingerprint density at radius 2 is 2.38 bits per heavy atom. The van der Waals surface area contributed by atoms with Gasteiger partial charge in [0.05, 0.1) is 31.1 Å². The molecule has 3 N–H and O–H groups in total. The van der Waals surface area contributed by atoms with Crippen LogP contribution in [0.3, 0.4) is 0 Å². The summed E-state index contributed by atoms with van der Waals surface area (Å²) in [5, 5.41) is 11.7. The van der Waals surface area contributed by atoms with Crippen LogP contribution in [0.1, 0.15) is 20.8 Å². The Hall–Kier alpha value is 0.150. The second-order valence-corrected chi connectivity index (χ2v) is 5.83. The maximum Gasteiger partial charge on any atom is 0.244 e. The van der Waals surface area contributed by atoms with Crippen LogP contribution in [0, 0.1) is 0 Å². The molecule has 0 bridgehead atoms. The molecule has 1 aliphatic heterocycles. The topological polar surface area (TPSA) is 65.9 Å². The summed E-state index contributed by atoms with van der Waals surface area (Å²) in [6.07, 6.45) is 0.860. The van der Waals surface area contributed by atoms with E-state index in [1.54, 1.807) is 0 Å². The van der Waals surface area contributed by atoms with Crippen molar-refractivity contribution in [3.63, 3.8) is 0 Å². The van der Waals surface area contributed by atoms with Crippen molar-refractivity contribution in [2.24, 2.45) is 4.40 Å². The van der Waals surface area contributed by atoms with E-state index in [9.17, 15) is 5.11 Å². The Kier molecular flexibility index (Phi) is 5.03. The molecule has 1 aliphatic rings. The number of ether oxygens (including phenoxy) is 1. The number of rotatable bonds is 5. The van der Waals surface area contributed by atoms with Gasteiger partial charge in [0.2, 0.25) is 5.18 Å². The number of β-amino-alcohol motifs (C(OH)–C–C–N with tert-alkyl or cyclic N) is 1. The van der Waals surface area contributed by atoms with Gasteiger partial charge in [-0.25, -0.2) is 4.40 Å². The molecule has 1 rings (SSSR count). The average Bonchev–Trinajstić information content (AvgIpc) is 2.59. The normalized spacial score (nSPS) is 27.3. The Morgan fingerprint density at radius 1 is 1.69 bits per heavy atom. The minimum Gasteiger partial charge on any atom is -0.389 e. The van der Waals surface area contributed by atoms with E-state index < -0.39 is 11.3 Å². The van der Waals surface area contributed by atoms with E-state index in [1.165, 1.54) is 6.21 Å². The highest BCUT2D eigenvalue weighted by Crippen LogP contribution is 2.21. The number of halogens is 1. The van der Waals surface area contributed by atoms with Gasteiger partial charge in [0.1, 0.15) is 0 Å². The fourth-order valence-electron chi connectivity index (χ4n) is 0.976. The Balaban J connectivity index is 2.20. The lowest BCUT2D eigenvalue weighted by Gasteiger charge is -2.24. The van der Waals surface area contributed by atoms with E-state index >= 15 is 0 Å². The number of nitrogens with zero attached hydrogens (tertiary/aromatic N) is 1. The molecule has 0 aromatic heterocycles. The summed E-state index contributed by atoms with van der Waals surface area (Å²) in [5.74, 6) is 0. The average molecular weight is 268 g/mol. The van der Waals surface area contributed by atoms with Crippen molar-refractivity contribution in [1.29, 1.82) is 0 Å². The molecule has 0 saturated heterocycles. The van der Waals surface area contributed by atoms with Gasteiger partial charge in [-0.05, 0) is 20.8 Å². The zero-order valence-corrected chi connectivity index (χ0v) is 11.2. The van der Waals surface area contributed by atoms with Crippen LogP contribution in [0.25, 0.3) is 0 Å². The summed E-state index contributed by atoms with van der Waals surface area (Å²) < 4.78 is 11.9. The van der Waals surface area contributed by atoms with Crippen molar-refractivity contribution >= 4 is 29.9 Å². The SMILES string of the molecule is CC(C)(C)NCC(O)COC1(Cl)C=NSN1. The number of hydrogen-bond donors (Lipinski definition) is 3. The summed E-state index contributed by atoms with van der Waals surface area (Å²) in [6.45, 7) is 6.70. The standard InChI is InChI=1S/C9H18ClN3O2S/c1-8(2,3)11-4-7(14)5-15-9(10)6-12-16-13-9/h6-7,11,13-14H,4-5H2,1-3H3. The minimum atomic E-state index is -1.09. The first-order valence-electron chi connectivity index (χ1n) is 5.04. The van der Waals surface area contributed by atoms with E-state index in [0.29, 0.717) is 6.54 Å². The first-order valence-corrected chi connectivity index (χ1v) is 6.19. The second-order valence-electron chi connectivity index (χ2n) is 4.67. The molecule has 1 heterocycles. The van der Waals surface area contributed by atoms with Gasteiger partial charge in [-0.3, -0.25) is 0 Å². The molecule has 94 valence electrons. The molecule has 7 heteroatoms. The molecule has 0 spiro atoms. The molecule has 5 nitrogen and oxygen atoms in total. The first kappa shape index (κ1) is 14.2. The summed E-state index contributed by atoms with van der Waals surface area (Å²) in [6, 6.07) is 0. The number of aliphatic hydroxyl groups is 1. The van der Waals surface area contributed by atoms with Gasteiger partial charge in [-0.1, -0.05) is 11.6 Å². The Morgan fingerprint density at radius 3 is 2.88 bits per heavy atom. The smallest absolute Gasteiger partial charge is 0.244 e. The molecule has 16 heavy (non-hydrogen) atoms. The van der Waals surface area contributed by atoms with Crippen molar-refractivity contribution in [2.75, 3.05) is 13.2 Å². The third-order valence-electron chi connectivity index (χ3n) is 1.81. The lowest BCUT2D eigenvalue weighted by Crippen LogP contribution is -2.44. The molecular weight excluding hydrogens is 250 g/mol. The monoisotopic (exact) mass is 267 g/mol. The molecule has 0 saturated carbocycles. The van der Waals surface area contributed by atoms with Crippen LogP contribution in [-0.2, 0) is 4.74 Å². The molecule has 0 aromatic carbocycles. The van der Waals surface area contributed by atoms with Crippen molar-refractivity contribution < 1.29 is 9.84 Å². The third kappa shape index (κ3) is 5.47. The highest BCUT2D eigenvalue weighted by atomic mass is 35.5. The van der Waals surface area contributed by atoms with Crippen LogP contribution in [0.15, 0.2) is 4.40 Å². The van der Waals surface area contributed by atoms with E-state index in [-0.39, 0.29) is 12.1 Å². The van der Waals surface area contributed by atoms with Crippen LogP contribution in [0.5, 0.6) is 0 Å². The van der Waals surface area contributed by atoms with Crippen LogP contribution in [-0.4, -0.2) is 41.3 Å². The fourth-order valence-corrected chi connectivity index (χ4v) is 1.74. The highest BCUT2D eigenvalue weighted by Gasteiger charge is 2.30. The quantitative estimate of drug-likeness (QED) is 0.392. The number of alkyl halides is 1. The lowest BCUT2D eigenvalue weighted by atomic mass is 10.1. The zero-order chi connectivity index (χ0) is 12.2. The summed E-state index contributed by atoms with van der Waals surface area (Å²) in [4.78, 5) is 0. The van der Waals surface area contributed by atoms with E-state index in [1.807, 2.05) is 20.8 Å². The van der Waals surface area contributed by atoms with Crippen molar-refractivity contribution in [3.8, 4) is 0 Å². The van der Waals surface area contributed by atoms with E-state index in [2.05, 4.69) is 14.4 Å². The largest absolute Gasteiger partial charge is 0.389 e. The van der Waals surface area contributed by atoms with Crippen LogP contribution >= 0.6 is 23.7 Å². The highest BCUT2D eigenvalue weighted by molar-refractivity contribution is 7.96. The maximum atomic E-state index is 9.66. The minimum absolute atomic E-state index is 0.0252. The third-order valence-corrected chi connectivity index (χ3v) is 2.83. The molecule has 0 aliphatic carbocycles. The van der Waals surface area contributed by atoms with Gasteiger partial charge < -0.3 is 15.2 Å². The van der Waals surface area contributed by atoms with Gasteiger partial charge in [0, 0.05) is 12.1 Å². The van der Waals surface area contributed by atoms with Gasteiger partial charge in [0.25, 0.3) is 0 Å². The summed E-state index contributed by atoms with van der Waals surface area (Å²) in [7, 11) is 0. The van der Waals surface area contributed by atoms with Crippen molar-refractivity contribution in [3.05, 3.63) is 0 Å². The number of aliphatic hydroxyl groups excluding tert-OH is 1. The van der Waals surface area contributed by atoms with Crippen LogP contribution < -0.4 is 10.0 Å². The molecule has 0 amide bonds. The fraction of sp³-hybridized carbons (Fsp3) is 0.889. The number of hydrogen-bond acceptors (Lipinski definition) is 6. The zero-order valence-electron chi connectivity index (χ0n) is 9.66. The predicted molar refractivity (Wildman–Crippen MR) is 67.5 cm³/mol. The number of nitrogens with one attached hydrogen (secondary N) is 2. The van der Waals surface area contributed by atoms with Crippen molar-refractivity contribution in [1.82, 2.24) is 10.0 Å². The Bertz CT molecular complexity index is 260. The summed E-state index contributed by atoms with van der Waals surface area (Å²) >= 11 is 7.09. The van der Waals surface area contributed by atoms with Crippen LogP contribution in [0.2, 0.25) is 0 Å². The van der Waals surface area contributed by atoms with E-state index in [0.717, 1.165) is 12.1 Å². The van der Waals surface area contributed by atoms with Gasteiger partial charge in [-0.15, -0.1) is 0 Å². The molecule has 2 atom stereocenters. The first-order chi connectivity index (χ1) is 7.31. The van der Waals surface area contributed by atoms with E-state index in [4.69, 9.17) is 16.3 Å². The van der Waals surface area contributed by atoms with Crippen molar-refractivity contribution in [2.45, 2.75) is 37.6 Å². The maximum absolute atomic E-state index is 9.66. The molecule has 2 unspecified atom stereocenters. The van der Waals surface area contributed by atoms with Gasteiger partial charge in [-0.2, -0.15) is 4.72 Å². The lowest BCUT2D eigenvalue weighted by molar-refractivity contribution is -0.00269. The molecule has 0 radical (unpaired) electrons. The van der Waals surface area contributed by atoms with Crippen LogP contribution in [0.4, 0.5) is 0 Å².